The number of nitrogens with zero attached hydrogens (tertiary/aromatic N) is 5. The second-order valence-electron chi connectivity index (χ2n) is 7.53. The molecule has 170 valence electrons. The Labute approximate surface area is 187 Å². The third-order valence-electron chi connectivity index (χ3n) is 5.21. The van der Waals surface area contributed by atoms with Gasteiger partial charge < -0.3 is 4.57 Å². The van der Waals surface area contributed by atoms with Crippen molar-refractivity contribution in [1.29, 1.82) is 0 Å². The van der Waals surface area contributed by atoms with Gasteiger partial charge in [-0.15, -0.1) is 0 Å². The number of hydrogen-bond donors (Lipinski definition) is 1. The van der Waals surface area contributed by atoms with E-state index in [4.69, 9.17) is 0 Å². The van der Waals surface area contributed by atoms with Crippen LogP contribution in [0.15, 0.2) is 59.7 Å². The predicted octanol–water partition coefficient (Wildman–Crippen LogP) is 4.07. The quantitative estimate of drug-likeness (QED) is 0.353. The van der Waals surface area contributed by atoms with Crippen molar-refractivity contribution in [3.05, 3.63) is 82.9 Å². The number of aromatic nitrogens is 4. The van der Waals surface area contributed by atoms with E-state index >= 15 is 0 Å². The fourth-order valence-electron chi connectivity index (χ4n) is 3.61. The van der Waals surface area contributed by atoms with E-state index in [1.54, 1.807) is 12.1 Å². The number of hydrogen-bond acceptors (Lipinski definition) is 4. The number of imidazole rings is 1. The van der Waals surface area contributed by atoms with Gasteiger partial charge in [-0.25, -0.2) is 10.4 Å². The molecule has 10 heteroatoms. The fraction of sp³-hybridized carbons (Fsp3) is 0.217. The molecule has 0 aliphatic carbocycles. The Morgan fingerprint density at radius 3 is 2.52 bits per heavy atom. The zero-order valence-electron chi connectivity index (χ0n) is 18.0. The lowest BCUT2D eigenvalue weighted by Crippen LogP contribution is -2.26. The minimum Gasteiger partial charge on any atom is -0.311 e. The van der Waals surface area contributed by atoms with E-state index in [9.17, 15) is 18.0 Å². The second-order valence-corrected chi connectivity index (χ2v) is 7.53. The van der Waals surface area contributed by atoms with Crippen LogP contribution in [0.25, 0.3) is 11.0 Å². The van der Waals surface area contributed by atoms with Crippen molar-refractivity contribution >= 4 is 23.2 Å². The number of alkyl halides is 3. The maximum Gasteiger partial charge on any atom is 0.449 e. The van der Waals surface area contributed by atoms with Crippen molar-refractivity contribution in [3.63, 3.8) is 0 Å². The Morgan fingerprint density at radius 2 is 1.79 bits per heavy atom. The van der Waals surface area contributed by atoms with Crippen LogP contribution in [0.1, 0.15) is 28.3 Å². The maximum absolute atomic E-state index is 13.4. The van der Waals surface area contributed by atoms with Crippen molar-refractivity contribution in [2.75, 3.05) is 0 Å². The number of fused-ring (bicyclic) bond motifs is 1. The van der Waals surface area contributed by atoms with Gasteiger partial charge in [0.1, 0.15) is 6.54 Å². The Hall–Kier alpha value is -3.95. The minimum absolute atomic E-state index is 0.165. The number of aryl methyl sites for hydroxylation is 1. The van der Waals surface area contributed by atoms with E-state index in [2.05, 4.69) is 20.6 Å². The number of benzene rings is 2. The number of halogens is 3. The second kappa shape index (κ2) is 8.89. The molecule has 0 bridgehead atoms. The third kappa shape index (κ3) is 4.79. The van der Waals surface area contributed by atoms with Crippen LogP contribution < -0.4 is 5.43 Å². The SMILES string of the molecule is Cc1nn(Cc2ccccc2)c(C)c1/C=N\NC(=O)Cn1c(C(F)(F)F)nc2ccccc21. The number of carbonyl (C=O) groups excluding carboxylic acids is 1. The first-order chi connectivity index (χ1) is 15.7. The van der Waals surface area contributed by atoms with E-state index in [-0.39, 0.29) is 11.0 Å². The summed E-state index contributed by atoms with van der Waals surface area (Å²) in [7, 11) is 0. The van der Waals surface area contributed by atoms with Crippen LogP contribution in [0.4, 0.5) is 13.2 Å². The molecule has 2 aromatic carbocycles. The molecule has 0 radical (unpaired) electrons. The summed E-state index contributed by atoms with van der Waals surface area (Å²) in [6.07, 6.45) is -3.24. The summed E-state index contributed by atoms with van der Waals surface area (Å²) in [4.78, 5) is 16.0. The Bertz CT molecular complexity index is 1320. The molecular weight excluding hydrogens is 433 g/mol. The van der Waals surface area contributed by atoms with Crippen LogP contribution in [0.5, 0.6) is 0 Å². The van der Waals surface area contributed by atoms with Crippen LogP contribution >= 0.6 is 0 Å². The van der Waals surface area contributed by atoms with Gasteiger partial charge >= 0.3 is 6.18 Å². The summed E-state index contributed by atoms with van der Waals surface area (Å²) in [5.74, 6) is -1.83. The van der Waals surface area contributed by atoms with Gasteiger partial charge in [0, 0.05) is 11.3 Å². The zero-order valence-corrected chi connectivity index (χ0v) is 18.0. The molecule has 4 rings (SSSR count). The number of carbonyl (C=O) groups is 1. The number of amides is 1. The molecule has 2 aromatic heterocycles. The van der Waals surface area contributed by atoms with Gasteiger partial charge in [-0.2, -0.15) is 23.4 Å². The largest absolute Gasteiger partial charge is 0.449 e. The lowest BCUT2D eigenvalue weighted by atomic mass is 10.2. The molecule has 2 heterocycles. The third-order valence-corrected chi connectivity index (χ3v) is 5.21. The molecular formula is C23H21F3N6O. The molecule has 0 spiro atoms. The monoisotopic (exact) mass is 454 g/mol. The highest BCUT2D eigenvalue weighted by Gasteiger charge is 2.38. The normalized spacial score (nSPS) is 12.0. The summed E-state index contributed by atoms with van der Waals surface area (Å²) in [6.45, 7) is 3.73. The molecule has 0 aliphatic heterocycles. The lowest BCUT2D eigenvalue weighted by molar-refractivity contribution is -0.147. The molecule has 33 heavy (non-hydrogen) atoms. The maximum atomic E-state index is 13.4. The fourth-order valence-corrected chi connectivity index (χ4v) is 3.61. The average molecular weight is 454 g/mol. The summed E-state index contributed by atoms with van der Waals surface area (Å²) in [5.41, 5.74) is 6.09. The molecule has 0 unspecified atom stereocenters. The van der Waals surface area contributed by atoms with Gasteiger partial charge in [0.05, 0.1) is 29.5 Å². The first-order valence-electron chi connectivity index (χ1n) is 10.2. The highest BCUT2D eigenvalue weighted by Crippen LogP contribution is 2.31. The molecule has 1 N–H and O–H groups in total. The number of nitrogens with one attached hydrogen (secondary N) is 1. The van der Waals surface area contributed by atoms with Gasteiger partial charge in [0.2, 0.25) is 5.82 Å². The smallest absolute Gasteiger partial charge is 0.311 e. The molecule has 0 fully saturated rings. The van der Waals surface area contributed by atoms with Crippen molar-refractivity contribution in [3.8, 4) is 0 Å². The highest BCUT2D eigenvalue weighted by molar-refractivity contribution is 5.85. The van der Waals surface area contributed by atoms with Gasteiger partial charge in [-0.05, 0) is 31.5 Å². The summed E-state index contributed by atoms with van der Waals surface area (Å²) >= 11 is 0. The minimum atomic E-state index is -4.69. The Balaban J connectivity index is 1.49. The van der Waals surface area contributed by atoms with E-state index in [0.29, 0.717) is 6.54 Å². The topological polar surface area (TPSA) is 77.1 Å². The van der Waals surface area contributed by atoms with Gasteiger partial charge in [0.15, 0.2) is 0 Å². The van der Waals surface area contributed by atoms with Crippen LogP contribution in [0.3, 0.4) is 0 Å². The summed E-state index contributed by atoms with van der Waals surface area (Å²) in [5, 5.41) is 8.46. The van der Waals surface area contributed by atoms with Gasteiger partial charge in [0.25, 0.3) is 5.91 Å². The highest BCUT2D eigenvalue weighted by atomic mass is 19.4. The van der Waals surface area contributed by atoms with Crippen LogP contribution in [0.2, 0.25) is 0 Å². The molecule has 1 amide bonds. The van der Waals surface area contributed by atoms with Crippen molar-refractivity contribution < 1.29 is 18.0 Å². The average Bonchev–Trinajstić information content (AvgIpc) is 3.27. The van der Waals surface area contributed by atoms with Crippen LogP contribution in [-0.4, -0.2) is 31.5 Å². The standard InChI is InChI=1S/C23H21F3N6O/c1-15-18(16(2)32(30-15)13-17-8-4-3-5-9-17)12-27-29-21(33)14-31-20-11-7-6-10-19(20)28-22(31)23(24,25)26/h3-12H,13-14H2,1-2H3,(H,29,33)/b27-12-. The number of para-hydroxylation sites is 2. The van der Waals surface area contributed by atoms with Gasteiger partial charge in [-0.1, -0.05) is 42.5 Å². The number of hydrazone groups is 1. The van der Waals surface area contributed by atoms with Crippen LogP contribution in [-0.2, 0) is 24.1 Å². The summed E-state index contributed by atoms with van der Waals surface area (Å²) < 4.78 is 42.9. The Kier molecular flexibility index (Phi) is 5.99. The van der Waals surface area contributed by atoms with E-state index in [0.717, 1.165) is 27.1 Å². The molecule has 7 nitrogen and oxygen atoms in total. The molecule has 4 aromatic rings. The zero-order chi connectivity index (χ0) is 23.6. The number of rotatable bonds is 6. The van der Waals surface area contributed by atoms with Crippen molar-refractivity contribution in [1.82, 2.24) is 24.8 Å². The van der Waals surface area contributed by atoms with Crippen molar-refractivity contribution in [2.45, 2.75) is 33.1 Å². The van der Waals surface area contributed by atoms with E-state index in [1.165, 1.54) is 18.3 Å². The Morgan fingerprint density at radius 1 is 1.09 bits per heavy atom. The predicted molar refractivity (Wildman–Crippen MR) is 118 cm³/mol. The molecule has 0 saturated heterocycles. The first-order valence-corrected chi connectivity index (χ1v) is 10.2. The molecule has 0 atom stereocenters. The molecule has 0 saturated carbocycles. The lowest BCUT2D eigenvalue weighted by Gasteiger charge is -2.10. The van der Waals surface area contributed by atoms with Crippen molar-refractivity contribution in [2.24, 2.45) is 5.10 Å². The molecule has 0 aliphatic rings. The van der Waals surface area contributed by atoms with Crippen LogP contribution in [0, 0.1) is 13.8 Å². The van der Waals surface area contributed by atoms with Gasteiger partial charge in [-0.3, -0.25) is 9.48 Å². The van der Waals surface area contributed by atoms with E-state index < -0.39 is 24.5 Å². The first kappa shape index (κ1) is 22.3. The summed E-state index contributed by atoms with van der Waals surface area (Å²) in [6, 6.07) is 16.0. The van der Waals surface area contributed by atoms with E-state index in [1.807, 2.05) is 48.9 Å².